The van der Waals surface area contributed by atoms with Crippen molar-refractivity contribution < 1.29 is 23.8 Å². The molecule has 186 valence electrons. The molecule has 2 N–H and O–H groups in total. The maximum atomic E-state index is 13.0. The Bertz CT molecular complexity index is 1170. The highest BCUT2D eigenvalue weighted by atomic mass is 16.5. The fourth-order valence-electron chi connectivity index (χ4n) is 4.41. The molecule has 0 bridgehead atoms. The number of carbonyl (C=O) groups excluding carboxylic acids is 2. The van der Waals surface area contributed by atoms with E-state index in [1.807, 2.05) is 47.9 Å². The summed E-state index contributed by atoms with van der Waals surface area (Å²) in [7, 11) is 2.98. The zero-order valence-electron chi connectivity index (χ0n) is 20.4. The van der Waals surface area contributed by atoms with Crippen molar-refractivity contribution in [2.45, 2.75) is 44.9 Å². The van der Waals surface area contributed by atoms with Crippen molar-refractivity contribution in [1.29, 1.82) is 0 Å². The summed E-state index contributed by atoms with van der Waals surface area (Å²) < 4.78 is 17.7. The summed E-state index contributed by atoms with van der Waals surface area (Å²) in [6.07, 6.45) is 3.33. The van der Waals surface area contributed by atoms with Gasteiger partial charge >= 0.3 is 5.97 Å². The van der Waals surface area contributed by atoms with Crippen LogP contribution in [0.15, 0.2) is 42.6 Å². The maximum absolute atomic E-state index is 13.0. The predicted molar refractivity (Wildman–Crippen MR) is 134 cm³/mol. The lowest BCUT2D eigenvalue weighted by atomic mass is 10.1. The molecule has 0 saturated carbocycles. The normalized spacial score (nSPS) is 16.3. The van der Waals surface area contributed by atoms with Crippen LogP contribution in [0.5, 0.6) is 0 Å². The quantitative estimate of drug-likeness (QED) is 0.427. The number of benzene rings is 1. The lowest BCUT2D eigenvalue weighted by Gasteiger charge is -2.14. The molecule has 1 saturated heterocycles. The van der Waals surface area contributed by atoms with Gasteiger partial charge in [-0.1, -0.05) is 30.3 Å². The number of aromatic nitrogens is 2. The number of fused-ring (bicyclic) bond motifs is 1. The van der Waals surface area contributed by atoms with Gasteiger partial charge in [-0.15, -0.1) is 0 Å². The van der Waals surface area contributed by atoms with Crippen LogP contribution in [0.25, 0.3) is 11.0 Å². The molecule has 0 spiro atoms. The third kappa shape index (κ3) is 5.63. The van der Waals surface area contributed by atoms with Crippen LogP contribution in [0, 0.1) is 0 Å². The average molecular weight is 481 g/mol. The van der Waals surface area contributed by atoms with Gasteiger partial charge in [0.1, 0.15) is 11.8 Å². The van der Waals surface area contributed by atoms with Crippen molar-refractivity contribution in [3.63, 3.8) is 0 Å². The van der Waals surface area contributed by atoms with Gasteiger partial charge in [-0.05, 0) is 37.8 Å². The van der Waals surface area contributed by atoms with Crippen molar-refractivity contribution in [3.05, 3.63) is 53.9 Å². The molecule has 1 aliphatic heterocycles. The summed E-state index contributed by atoms with van der Waals surface area (Å²) >= 11 is 0. The van der Waals surface area contributed by atoms with Gasteiger partial charge in [0.15, 0.2) is 5.69 Å². The zero-order chi connectivity index (χ0) is 24.8. The third-order valence-electron chi connectivity index (χ3n) is 6.04. The molecule has 9 heteroatoms. The molecule has 0 unspecified atom stereocenters. The van der Waals surface area contributed by atoms with Crippen molar-refractivity contribution in [2.75, 3.05) is 38.1 Å². The second kappa shape index (κ2) is 11.3. The topological polar surface area (TPSA) is 104 Å². The molecule has 3 heterocycles. The average Bonchev–Trinajstić information content (AvgIpc) is 3.50. The number of aryl methyl sites for hydroxylation is 2. The first-order chi connectivity index (χ1) is 17.0. The van der Waals surface area contributed by atoms with Gasteiger partial charge in [0.2, 0.25) is 0 Å². The molecule has 9 nitrogen and oxygen atoms in total. The molecule has 1 aliphatic rings. The highest BCUT2D eigenvalue weighted by Gasteiger charge is 2.30. The molecular formula is C26H32N4O5. The summed E-state index contributed by atoms with van der Waals surface area (Å²) in [5.74, 6) is -0.818. The zero-order valence-corrected chi connectivity index (χ0v) is 20.4. The van der Waals surface area contributed by atoms with Crippen LogP contribution in [0.3, 0.4) is 0 Å². The molecular weight excluding hydrogens is 448 g/mol. The molecule has 2 aromatic heterocycles. The Kier molecular flexibility index (Phi) is 7.99. The molecule has 4 rings (SSSR count). The number of hydrogen-bond donors (Lipinski definition) is 2. The SMILES string of the molecule is COC[C@H](C)Nc1cnc2c(c1)c(NC(=O)[C@H]1CCCO1)c(C(=O)OC)n2CCc1ccccc1. The first-order valence-electron chi connectivity index (χ1n) is 11.8. The minimum Gasteiger partial charge on any atom is -0.464 e. The molecule has 3 aromatic rings. The highest BCUT2D eigenvalue weighted by molar-refractivity contribution is 6.12. The molecule has 2 atom stereocenters. The Morgan fingerprint density at radius 3 is 2.74 bits per heavy atom. The summed E-state index contributed by atoms with van der Waals surface area (Å²) in [5, 5.41) is 6.96. The first-order valence-corrected chi connectivity index (χ1v) is 11.8. The molecule has 1 aromatic carbocycles. The Morgan fingerprint density at radius 2 is 2.06 bits per heavy atom. The standard InChI is InChI=1S/C26H32N4O5/c1-17(16-33-2)28-19-14-20-22(29-25(31)21-10-7-13-35-21)23(26(32)34-3)30(24(20)27-15-19)12-11-18-8-5-4-6-9-18/h4-6,8-9,14-15,17,21,28H,7,10-13,16H2,1-3H3,(H,29,31)/t17-,21+/m0/s1. The van der Waals surface area contributed by atoms with Crippen LogP contribution in [0.2, 0.25) is 0 Å². The molecule has 1 amide bonds. The van der Waals surface area contributed by atoms with E-state index in [4.69, 9.17) is 14.2 Å². The number of nitrogens with one attached hydrogen (secondary N) is 2. The fourth-order valence-corrected chi connectivity index (χ4v) is 4.41. The van der Waals surface area contributed by atoms with Crippen LogP contribution < -0.4 is 10.6 Å². The van der Waals surface area contributed by atoms with Crippen molar-refractivity contribution in [2.24, 2.45) is 0 Å². The van der Waals surface area contributed by atoms with Gasteiger partial charge in [0, 0.05) is 31.7 Å². The summed E-state index contributed by atoms with van der Waals surface area (Å²) in [6.45, 7) is 3.55. The van der Waals surface area contributed by atoms with Gasteiger partial charge < -0.3 is 29.4 Å². The summed E-state index contributed by atoms with van der Waals surface area (Å²) in [6, 6.07) is 11.9. The van der Waals surface area contributed by atoms with Crippen LogP contribution in [-0.2, 0) is 32.0 Å². The Labute approximate surface area is 204 Å². The van der Waals surface area contributed by atoms with E-state index in [0.29, 0.717) is 49.3 Å². The van der Waals surface area contributed by atoms with Crippen molar-refractivity contribution in [3.8, 4) is 0 Å². The number of anilines is 2. The number of nitrogens with zero attached hydrogens (tertiary/aromatic N) is 2. The Hall–Kier alpha value is -3.43. The van der Waals surface area contributed by atoms with E-state index in [2.05, 4.69) is 15.6 Å². The number of amides is 1. The van der Waals surface area contributed by atoms with E-state index in [9.17, 15) is 9.59 Å². The van der Waals surface area contributed by atoms with E-state index < -0.39 is 12.1 Å². The minimum absolute atomic E-state index is 0.0458. The molecule has 35 heavy (non-hydrogen) atoms. The van der Waals surface area contributed by atoms with Crippen LogP contribution in [0.1, 0.15) is 35.8 Å². The van der Waals surface area contributed by atoms with Gasteiger partial charge in [-0.2, -0.15) is 0 Å². The molecule has 0 aliphatic carbocycles. The fraction of sp³-hybridized carbons (Fsp3) is 0.423. The van der Waals surface area contributed by atoms with Gasteiger partial charge in [0.05, 0.1) is 31.3 Å². The summed E-state index contributed by atoms with van der Waals surface area (Å²) in [4.78, 5) is 30.7. The Morgan fingerprint density at radius 1 is 1.26 bits per heavy atom. The molecule has 1 fully saturated rings. The number of methoxy groups -OCH3 is 2. The largest absolute Gasteiger partial charge is 0.464 e. The number of carbonyl (C=O) groups is 2. The lowest BCUT2D eigenvalue weighted by molar-refractivity contribution is -0.124. The van der Waals surface area contributed by atoms with E-state index in [0.717, 1.165) is 17.7 Å². The van der Waals surface area contributed by atoms with E-state index in [1.54, 1.807) is 13.3 Å². The Balaban J connectivity index is 1.78. The van der Waals surface area contributed by atoms with Gasteiger partial charge in [-0.25, -0.2) is 9.78 Å². The minimum atomic E-state index is -0.542. The number of pyridine rings is 1. The van der Waals surface area contributed by atoms with E-state index in [-0.39, 0.29) is 17.6 Å². The lowest BCUT2D eigenvalue weighted by Crippen LogP contribution is -2.28. The van der Waals surface area contributed by atoms with E-state index >= 15 is 0 Å². The number of hydrogen-bond acceptors (Lipinski definition) is 7. The number of ether oxygens (including phenoxy) is 3. The summed E-state index contributed by atoms with van der Waals surface area (Å²) in [5.41, 5.74) is 3.12. The van der Waals surface area contributed by atoms with Gasteiger partial charge in [-0.3, -0.25) is 4.79 Å². The van der Waals surface area contributed by atoms with E-state index in [1.165, 1.54) is 7.11 Å². The third-order valence-corrected chi connectivity index (χ3v) is 6.04. The monoisotopic (exact) mass is 480 g/mol. The van der Waals surface area contributed by atoms with Gasteiger partial charge in [0.25, 0.3) is 5.91 Å². The predicted octanol–water partition coefficient (Wildman–Crippen LogP) is 3.63. The van der Waals surface area contributed by atoms with Crippen LogP contribution in [0.4, 0.5) is 11.4 Å². The second-order valence-corrected chi connectivity index (χ2v) is 8.69. The second-order valence-electron chi connectivity index (χ2n) is 8.69. The van der Waals surface area contributed by atoms with Crippen molar-refractivity contribution in [1.82, 2.24) is 9.55 Å². The smallest absolute Gasteiger partial charge is 0.356 e. The molecule has 0 radical (unpaired) electrons. The van der Waals surface area contributed by atoms with Crippen LogP contribution >= 0.6 is 0 Å². The highest BCUT2D eigenvalue weighted by Crippen LogP contribution is 2.33. The van der Waals surface area contributed by atoms with Crippen LogP contribution in [-0.4, -0.2) is 61.0 Å². The maximum Gasteiger partial charge on any atom is 0.356 e. The number of rotatable bonds is 10. The van der Waals surface area contributed by atoms with Crippen molar-refractivity contribution >= 4 is 34.3 Å². The first kappa shape index (κ1) is 24.7. The number of esters is 1.